The van der Waals surface area contributed by atoms with Gasteiger partial charge in [0.15, 0.2) is 17.2 Å². The van der Waals surface area contributed by atoms with E-state index >= 15 is 0 Å². The number of nitrogens with zero attached hydrogens (tertiary/aromatic N) is 1. The average molecular weight is 314 g/mol. The molecule has 0 atom stereocenters. The van der Waals surface area contributed by atoms with Crippen molar-refractivity contribution >= 4 is 28.7 Å². The molecule has 0 N–H and O–H groups in total. The summed E-state index contributed by atoms with van der Waals surface area (Å²) in [7, 11) is 0. The number of oxazole rings is 1. The smallest absolute Gasteiger partial charge is 0.223 e. The fourth-order valence-electron chi connectivity index (χ4n) is 2.16. The molecule has 1 aromatic heterocycles. The molecule has 116 valence electrons. The van der Waals surface area contributed by atoms with Crippen LogP contribution in [0.3, 0.4) is 0 Å². The van der Waals surface area contributed by atoms with Gasteiger partial charge in [-0.1, -0.05) is 18.2 Å². The van der Waals surface area contributed by atoms with Crippen molar-refractivity contribution in [2.75, 3.05) is 0 Å². The minimum Gasteiger partial charge on any atom is -0.550 e. The van der Waals surface area contributed by atoms with Crippen LogP contribution in [0.5, 0.6) is 0 Å². The molecule has 0 aliphatic carbocycles. The summed E-state index contributed by atoms with van der Waals surface area (Å²) in [5, 5.41) is 11.0. The third kappa shape index (κ3) is 3.26. The summed E-state index contributed by atoms with van der Waals surface area (Å²) in [6, 6.07) is 10.2. The van der Waals surface area contributed by atoms with Crippen molar-refractivity contribution in [3.05, 3.63) is 65.6 Å². The molecule has 2 aromatic carbocycles. The van der Waals surface area contributed by atoms with Gasteiger partial charge in [0, 0.05) is 18.0 Å². The van der Waals surface area contributed by atoms with Crippen molar-refractivity contribution in [1.82, 2.24) is 4.98 Å². The minimum atomic E-state index is -1.33. The van der Waals surface area contributed by atoms with Crippen LogP contribution in [0.15, 0.2) is 46.9 Å². The highest BCUT2D eigenvalue weighted by Gasteiger charge is 2.12. The zero-order valence-electron chi connectivity index (χ0n) is 11.8. The maximum atomic E-state index is 13.3. The Balaban J connectivity index is 2.07. The SMILES string of the molecule is O=C([O-])C/C(=C\c1ccc(F)c(F)c1)c1nc2ccccc2o1. The van der Waals surface area contributed by atoms with E-state index in [2.05, 4.69) is 4.98 Å². The third-order valence-corrected chi connectivity index (χ3v) is 3.19. The lowest BCUT2D eigenvalue weighted by Crippen LogP contribution is -2.22. The highest BCUT2D eigenvalue weighted by atomic mass is 19.2. The summed E-state index contributed by atoms with van der Waals surface area (Å²) >= 11 is 0. The zero-order chi connectivity index (χ0) is 16.4. The normalized spacial score (nSPS) is 11.8. The molecule has 0 aliphatic heterocycles. The van der Waals surface area contributed by atoms with Crippen molar-refractivity contribution in [1.29, 1.82) is 0 Å². The lowest BCUT2D eigenvalue weighted by molar-refractivity contribution is -0.304. The first-order valence-electron chi connectivity index (χ1n) is 6.74. The van der Waals surface area contributed by atoms with Gasteiger partial charge in [-0.15, -0.1) is 0 Å². The predicted octanol–water partition coefficient (Wildman–Crippen LogP) is 2.79. The molecule has 0 fully saturated rings. The van der Waals surface area contributed by atoms with Crippen LogP contribution in [0.4, 0.5) is 8.78 Å². The van der Waals surface area contributed by atoms with Gasteiger partial charge in [0.05, 0.1) is 0 Å². The Morgan fingerprint density at radius 3 is 2.65 bits per heavy atom. The van der Waals surface area contributed by atoms with Crippen LogP contribution < -0.4 is 5.11 Å². The van der Waals surface area contributed by atoms with Gasteiger partial charge < -0.3 is 14.3 Å². The molecule has 0 aliphatic rings. The van der Waals surface area contributed by atoms with E-state index in [4.69, 9.17) is 4.42 Å². The number of carbonyl (C=O) groups is 1. The van der Waals surface area contributed by atoms with Gasteiger partial charge in [-0.25, -0.2) is 13.8 Å². The standard InChI is InChI=1S/C17H11F2NO3/c18-12-6-5-10(8-13(12)19)7-11(9-16(21)22)17-20-14-3-1-2-4-15(14)23-17/h1-8H,9H2,(H,21,22)/p-1/b11-7+. The Morgan fingerprint density at radius 1 is 1.17 bits per heavy atom. The number of fused-ring (bicyclic) bond motifs is 1. The lowest BCUT2D eigenvalue weighted by Gasteiger charge is -2.05. The Morgan fingerprint density at radius 2 is 1.96 bits per heavy atom. The summed E-state index contributed by atoms with van der Waals surface area (Å²) in [5.41, 5.74) is 1.56. The molecular weight excluding hydrogens is 304 g/mol. The molecule has 0 bridgehead atoms. The number of halogens is 2. The van der Waals surface area contributed by atoms with Gasteiger partial charge in [-0.2, -0.15) is 0 Å². The van der Waals surface area contributed by atoms with Crippen molar-refractivity contribution in [2.24, 2.45) is 0 Å². The molecule has 0 saturated heterocycles. The second-order valence-corrected chi connectivity index (χ2v) is 4.88. The number of carbonyl (C=O) groups excluding carboxylic acids is 1. The molecule has 6 heteroatoms. The first kappa shape index (κ1) is 14.9. The van der Waals surface area contributed by atoms with Crippen molar-refractivity contribution in [3.63, 3.8) is 0 Å². The van der Waals surface area contributed by atoms with E-state index in [0.717, 1.165) is 12.1 Å². The van der Waals surface area contributed by atoms with E-state index in [9.17, 15) is 18.7 Å². The maximum absolute atomic E-state index is 13.3. The van der Waals surface area contributed by atoms with Gasteiger partial charge in [0.2, 0.25) is 5.89 Å². The number of aliphatic carboxylic acids is 1. The number of carboxylic acids is 1. The fourth-order valence-corrected chi connectivity index (χ4v) is 2.16. The van der Waals surface area contributed by atoms with E-state index in [1.807, 2.05) is 0 Å². The van der Waals surface area contributed by atoms with Crippen LogP contribution in [-0.4, -0.2) is 11.0 Å². The van der Waals surface area contributed by atoms with E-state index in [1.165, 1.54) is 12.1 Å². The van der Waals surface area contributed by atoms with E-state index < -0.39 is 24.0 Å². The van der Waals surface area contributed by atoms with Crippen LogP contribution in [0.2, 0.25) is 0 Å². The Hall–Kier alpha value is -3.02. The molecule has 0 unspecified atom stereocenters. The molecule has 3 rings (SSSR count). The maximum Gasteiger partial charge on any atom is 0.223 e. The highest BCUT2D eigenvalue weighted by Crippen LogP contribution is 2.25. The van der Waals surface area contributed by atoms with E-state index in [-0.39, 0.29) is 11.5 Å². The molecule has 1 heterocycles. The van der Waals surface area contributed by atoms with Gasteiger partial charge in [-0.05, 0) is 35.9 Å². The summed E-state index contributed by atoms with van der Waals surface area (Å²) in [5.74, 6) is -3.24. The first-order chi connectivity index (χ1) is 11.0. The van der Waals surface area contributed by atoms with Gasteiger partial charge >= 0.3 is 0 Å². The predicted molar refractivity (Wildman–Crippen MR) is 77.9 cm³/mol. The van der Waals surface area contributed by atoms with Crippen LogP contribution in [0.25, 0.3) is 22.7 Å². The number of hydrogen-bond acceptors (Lipinski definition) is 4. The van der Waals surface area contributed by atoms with Gasteiger partial charge in [-0.3, -0.25) is 0 Å². The Labute approximate surface area is 129 Å². The largest absolute Gasteiger partial charge is 0.550 e. The average Bonchev–Trinajstić information content (AvgIpc) is 2.94. The van der Waals surface area contributed by atoms with Crippen LogP contribution in [0.1, 0.15) is 17.9 Å². The quantitative estimate of drug-likeness (QED) is 0.742. The number of aromatic nitrogens is 1. The van der Waals surface area contributed by atoms with Crippen molar-refractivity contribution in [2.45, 2.75) is 6.42 Å². The Kier molecular flexibility index (Phi) is 3.89. The monoisotopic (exact) mass is 314 g/mol. The molecular formula is C17H10F2NO3-. The van der Waals surface area contributed by atoms with Crippen LogP contribution >= 0.6 is 0 Å². The van der Waals surface area contributed by atoms with Crippen molar-refractivity contribution in [3.8, 4) is 0 Å². The second-order valence-electron chi connectivity index (χ2n) is 4.88. The number of benzene rings is 2. The molecule has 0 spiro atoms. The summed E-state index contributed by atoms with van der Waals surface area (Å²) in [4.78, 5) is 15.2. The number of carboxylic acid groups (broad SMARTS) is 1. The zero-order valence-corrected chi connectivity index (χ0v) is 11.8. The number of hydrogen-bond donors (Lipinski definition) is 0. The van der Waals surface area contributed by atoms with Gasteiger partial charge in [0.1, 0.15) is 5.52 Å². The van der Waals surface area contributed by atoms with Crippen molar-refractivity contribution < 1.29 is 23.1 Å². The Bertz CT molecular complexity index is 882. The topological polar surface area (TPSA) is 66.2 Å². The highest BCUT2D eigenvalue weighted by molar-refractivity contribution is 5.90. The molecule has 23 heavy (non-hydrogen) atoms. The first-order valence-corrected chi connectivity index (χ1v) is 6.74. The lowest BCUT2D eigenvalue weighted by atomic mass is 10.1. The fraction of sp³-hybridized carbons (Fsp3) is 0.0588. The molecule has 0 amide bonds. The van der Waals surface area contributed by atoms with E-state index in [0.29, 0.717) is 16.7 Å². The summed E-state index contributed by atoms with van der Waals surface area (Å²) in [6.45, 7) is 0. The summed E-state index contributed by atoms with van der Waals surface area (Å²) < 4.78 is 31.8. The molecule has 4 nitrogen and oxygen atoms in total. The summed E-state index contributed by atoms with van der Waals surface area (Å²) in [6.07, 6.45) is 0.912. The van der Waals surface area contributed by atoms with Gasteiger partial charge in [0.25, 0.3) is 0 Å². The van der Waals surface area contributed by atoms with Crippen LogP contribution in [-0.2, 0) is 4.79 Å². The minimum absolute atomic E-state index is 0.0973. The number of para-hydroxylation sites is 2. The molecule has 0 saturated carbocycles. The molecule has 3 aromatic rings. The van der Waals surface area contributed by atoms with E-state index in [1.54, 1.807) is 24.3 Å². The van der Waals surface area contributed by atoms with Crippen LogP contribution in [0, 0.1) is 11.6 Å². The number of rotatable bonds is 4. The second kappa shape index (κ2) is 6.00. The molecule has 0 radical (unpaired) electrons. The third-order valence-electron chi connectivity index (χ3n) is 3.19.